The molecule has 0 spiro atoms. The Hall–Kier alpha value is -3.14. The van der Waals surface area contributed by atoms with Crippen LogP contribution >= 0.6 is 0 Å². The normalized spacial score (nSPS) is 10.4. The molecule has 1 aromatic heterocycles. The fourth-order valence-electron chi connectivity index (χ4n) is 2.70. The SMILES string of the molecule is Cc1ccccc1NC(=O)c1cncc(Nc2c(C)cccc2C)c1. The van der Waals surface area contributed by atoms with E-state index in [4.69, 9.17) is 0 Å². The highest BCUT2D eigenvalue weighted by Crippen LogP contribution is 2.24. The number of para-hydroxylation sites is 2. The number of nitrogens with zero attached hydrogens (tertiary/aromatic N) is 1. The number of carbonyl (C=O) groups excluding carboxylic acids is 1. The maximum absolute atomic E-state index is 12.5. The molecule has 0 saturated heterocycles. The molecule has 0 aliphatic heterocycles. The van der Waals surface area contributed by atoms with E-state index in [1.807, 2.05) is 43.3 Å². The van der Waals surface area contributed by atoms with Crippen molar-refractivity contribution in [3.05, 3.63) is 83.2 Å². The summed E-state index contributed by atoms with van der Waals surface area (Å²) in [5, 5.41) is 6.30. The van der Waals surface area contributed by atoms with Crippen LogP contribution in [0.2, 0.25) is 0 Å². The van der Waals surface area contributed by atoms with Crippen LogP contribution in [0.15, 0.2) is 60.9 Å². The first kappa shape index (κ1) is 16.7. The van der Waals surface area contributed by atoms with Crippen LogP contribution < -0.4 is 10.6 Å². The minimum atomic E-state index is -0.174. The number of pyridine rings is 1. The lowest BCUT2D eigenvalue weighted by atomic mass is 10.1. The van der Waals surface area contributed by atoms with Crippen molar-refractivity contribution in [1.82, 2.24) is 4.98 Å². The molecule has 0 fully saturated rings. The lowest BCUT2D eigenvalue weighted by Gasteiger charge is -2.13. The molecule has 1 amide bonds. The first-order chi connectivity index (χ1) is 12.0. The molecule has 0 bridgehead atoms. The van der Waals surface area contributed by atoms with E-state index in [1.165, 1.54) is 0 Å². The summed E-state index contributed by atoms with van der Waals surface area (Å²) in [6.07, 6.45) is 3.29. The van der Waals surface area contributed by atoms with Crippen LogP contribution in [0, 0.1) is 20.8 Å². The quantitative estimate of drug-likeness (QED) is 0.707. The predicted molar refractivity (Wildman–Crippen MR) is 103 cm³/mol. The second-order valence-electron chi connectivity index (χ2n) is 6.12. The van der Waals surface area contributed by atoms with Gasteiger partial charge in [-0.05, 0) is 49.6 Å². The standard InChI is InChI=1S/C21H21N3O/c1-14-7-4-5-10-19(14)24-21(25)17-11-18(13-22-12-17)23-20-15(2)8-6-9-16(20)3/h4-13,23H,1-3H3,(H,24,25). The summed E-state index contributed by atoms with van der Waals surface area (Å²) in [6.45, 7) is 6.07. The molecule has 2 N–H and O–H groups in total. The summed E-state index contributed by atoms with van der Waals surface area (Å²) >= 11 is 0. The Balaban J connectivity index is 1.82. The molecule has 25 heavy (non-hydrogen) atoms. The summed E-state index contributed by atoms with van der Waals surface area (Å²) < 4.78 is 0. The van der Waals surface area contributed by atoms with Gasteiger partial charge in [0.25, 0.3) is 5.91 Å². The zero-order valence-corrected chi connectivity index (χ0v) is 14.6. The van der Waals surface area contributed by atoms with Crippen LogP contribution in [0.1, 0.15) is 27.0 Å². The van der Waals surface area contributed by atoms with E-state index in [-0.39, 0.29) is 5.91 Å². The van der Waals surface area contributed by atoms with Gasteiger partial charge in [0.05, 0.1) is 17.4 Å². The first-order valence-electron chi connectivity index (χ1n) is 8.20. The average Bonchev–Trinajstić information content (AvgIpc) is 2.60. The van der Waals surface area contributed by atoms with Crippen molar-refractivity contribution in [1.29, 1.82) is 0 Å². The lowest BCUT2D eigenvalue weighted by molar-refractivity contribution is 0.102. The van der Waals surface area contributed by atoms with Gasteiger partial charge in [-0.2, -0.15) is 0 Å². The molecule has 1 heterocycles. The second-order valence-corrected chi connectivity index (χ2v) is 6.12. The third-order valence-electron chi connectivity index (χ3n) is 4.14. The van der Waals surface area contributed by atoms with Gasteiger partial charge in [-0.3, -0.25) is 9.78 Å². The Kier molecular flexibility index (Phi) is 4.80. The van der Waals surface area contributed by atoms with E-state index < -0.39 is 0 Å². The van der Waals surface area contributed by atoms with Crippen LogP contribution in [-0.2, 0) is 0 Å². The summed E-state index contributed by atoms with van der Waals surface area (Å²) in [5.74, 6) is -0.174. The third kappa shape index (κ3) is 3.86. The molecule has 3 rings (SSSR count). The van der Waals surface area contributed by atoms with Crippen molar-refractivity contribution in [2.75, 3.05) is 10.6 Å². The van der Waals surface area contributed by atoms with Crippen molar-refractivity contribution >= 4 is 23.0 Å². The minimum Gasteiger partial charge on any atom is -0.354 e. The fraction of sp³-hybridized carbons (Fsp3) is 0.143. The van der Waals surface area contributed by atoms with Gasteiger partial charge in [-0.15, -0.1) is 0 Å². The topological polar surface area (TPSA) is 54.0 Å². The summed E-state index contributed by atoms with van der Waals surface area (Å²) in [6, 6.07) is 15.6. The number of nitrogens with one attached hydrogen (secondary N) is 2. The molecule has 4 nitrogen and oxygen atoms in total. The number of hydrogen-bond acceptors (Lipinski definition) is 3. The molecule has 3 aromatic rings. The molecule has 4 heteroatoms. The van der Waals surface area contributed by atoms with E-state index in [0.717, 1.165) is 33.8 Å². The van der Waals surface area contributed by atoms with E-state index in [1.54, 1.807) is 12.4 Å². The van der Waals surface area contributed by atoms with Crippen molar-refractivity contribution in [3.8, 4) is 0 Å². The largest absolute Gasteiger partial charge is 0.354 e. The molecule has 0 saturated carbocycles. The van der Waals surface area contributed by atoms with Gasteiger partial charge in [-0.25, -0.2) is 0 Å². The second kappa shape index (κ2) is 7.18. The summed E-state index contributed by atoms with van der Waals surface area (Å²) in [7, 11) is 0. The predicted octanol–water partition coefficient (Wildman–Crippen LogP) is 5.00. The molecular formula is C21H21N3O. The summed E-state index contributed by atoms with van der Waals surface area (Å²) in [5.41, 5.74) is 6.47. The minimum absolute atomic E-state index is 0.174. The van der Waals surface area contributed by atoms with Crippen LogP contribution in [0.5, 0.6) is 0 Å². The van der Waals surface area contributed by atoms with Gasteiger partial charge >= 0.3 is 0 Å². The van der Waals surface area contributed by atoms with Gasteiger partial charge in [0.2, 0.25) is 0 Å². The highest BCUT2D eigenvalue weighted by Gasteiger charge is 2.10. The molecular weight excluding hydrogens is 310 g/mol. The Bertz CT molecular complexity index is 898. The number of benzene rings is 2. The third-order valence-corrected chi connectivity index (χ3v) is 4.14. The number of rotatable bonds is 4. The van der Waals surface area contributed by atoms with Gasteiger partial charge < -0.3 is 10.6 Å². The van der Waals surface area contributed by atoms with E-state index >= 15 is 0 Å². The number of amides is 1. The zero-order valence-electron chi connectivity index (χ0n) is 14.6. The van der Waals surface area contributed by atoms with Crippen molar-refractivity contribution in [3.63, 3.8) is 0 Å². The first-order valence-corrected chi connectivity index (χ1v) is 8.20. The highest BCUT2D eigenvalue weighted by molar-refractivity contribution is 6.05. The number of hydrogen-bond donors (Lipinski definition) is 2. The van der Waals surface area contributed by atoms with Gasteiger partial charge in [0, 0.05) is 17.6 Å². The van der Waals surface area contributed by atoms with Gasteiger partial charge in [0.1, 0.15) is 0 Å². The van der Waals surface area contributed by atoms with Gasteiger partial charge in [-0.1, -0.05) is 36.4 Å². The molecule has 126 valence electrons. The van der Waals surface area contributed by atoms with E-state index in [9.17, 15) is 4.79 Å². The van der Waals surface area contributed by atoms with Crippen molar-refractivity contribution in [2.45, 2.75) is 20.8 Å². The Morgan fingerprint density at radius 2 is 1.56 bits per heavy atom. The monoisotopic (exact) mass is 331 g/mol. The number of anilines is 3. The van der Waals surface area contributed by atoms with Crippen molar-refractivity contribution in [2.24, 2.45) is 0 Å². The number of aromatic nitrogens is 1. The molecule has 0 unspecified atom stereocenters. The maximum atomic E-state index is 12.5. The molecule has 0 radical (unpaired) electrons. The van der Waals surface area contributed by atoms with Crippen LogP contribution in [0.25, 0.3) is 0 Å². The Labute approximate surface area is 147 Å². The van der Waals surface area contributed by atoms with Crippen LogP contribution in [-0.4, -0.2) is 10.9 Å². The van der Waals surface area contributed by atoms with Crippen molar-refractivity contribution < 1.29 is 4.79 Å². The average molecular weight is 331 g/mol. The maximum Gasteiger partial charge on any atom is 0.257 e. The highest BCUT2D eigenvalue weighted by atomic mass is 16.1. The Morgan fingerprint density at radius 3 is 2.28 bits per heavy atom. The molecule has 0 aliphatic carbocycles. The Morgan fingerprint density at radius 1 is 0.880 bits per heavy atom. The smallest absolute Gasteiger partial charge is 0.257 e. The molecule has 2 aromatic carbocycles. The van der Waals surface area contributed by atoms with Crippen LogP contribution in [0.3, 0.4) is 0 Å². The summed E-state index contributed by atoms with van der Waals surface area (Å²) in [4.78, 5) is 16.7. The number of carbonyl (C=O) groups is 1. The van der Waals surface area contributed by atoms with Crippen LogP contribution in [0.4, 0.5) is 17.1 Å². The van der Waals surface area contributed by atoms with E-state index in [0.29, 0.717) is 5.56 Å². The zero-order chi connectivity index (χ0) is 17.8. The fourth-order valence-corrected chi connectivity index (χ4v) is 2.70. The number of aryl methyl sites for hydroxylation is 3. The lowest BCUT2D eigenvalue weighted by Crippen LogP contribution is -2.13. The van der Waals surface area contributed by atoms with Gasteiger partial charge in [0.15, 0.2) is 0 Å². The molecule has 0 atom stereocenters. The van der Waals surface area contributed by atoms with E-state index in [2.05, 4.69) is 41.6 Å². The molecule has 0 aliphatic rings.